The first-order chi connectivity index (χ1) is 15.0. The molecule has 0 aliphatic carbocycles. The molecule has 1 aromatic heterocycles. The minimum absolute atomic E-state index is 0.0182. The number of carbonyl (C=O) groups excluding carboxylic acids is 1. The van der Waals surface area contributed by atoms with E-state index in [2.05, 4.69) is 24.1 Å². The van der Waals surface area contributed by atoms with Gasteiger partial charge in [0.1, 0.15) is 11.6 Å². The predicted octanol–water partition coefficient (Wildman–Crippen LogP) is 5.09. The van der Waals surface area contributed by atoms with Crippen LogP contribution in [-0.2, 0) is 16.0 Å². The molecule has 0 atom stereocenters. The topological polar surface area (TPSA) is 63.4 Å². The molecule has 2 aromatic carbocycles. The number of carbonyl (C=O) groups is 1. The maximum atomic E-state index is 13.9. The number of rotatable bonds is 11. The second kappa shape index (κ2) is 11.0. The quantitative estimate of drug-likeness (QED) is 0.420. The van der Waals surface area contributed by atoms with E-state index in [1.807, 2.05) is 24.3 Å². The van der Waals surface area contributed by atoms with Gasteiger partial charge in [0.25, 0.3) is 0 Å². The van der Waals surface area contributed by atoms with E-state index in [1.165, 1.54) is 12.1 Å². The van der Waals surface area contributed by atoms with E-state index in [9.17, 15) is 9.18 Å². The van der Waals surface area contributed by atoms with Crippen molar-refractivity contribution in [3.05, 3.63) is 53.8 Å². The molecule has 0 radical (unpaired) electrons. The van der Waals surface area contributed by atoms with Gasteiger partial charge in [-0.2, -0.15) is 0 Å². The standard InChI is InChI=1S/C25H31FN2O3/c1-17(2)16-31-14-4-13-27-24(29)12-10-21-22-15-19(26)7-11-23(22)28-25(21)18-5-8-20(30-3)9-6-18/h5-9,11,15,17,28H,4,10,12-14,16H2,1-3H3,(H,27,29). The van der Waals surface area contributed by atoms with Crippen LogP contribution in [0.4, 0.5) is 4.39 Å². The van der Waals surface area contributed by atoms with Gasteiger partial charge in [-0.15, -0.1) is 0 Å². The molecule has 0 spiro atoms. The zero-order valence-electron chi connectivity index (χ0n) is 18.5. The number of halogens is 1. The van der Waals surface area contributed by atoms with Gasteiger partial charge in [0.2, 0.25) is 5.91 Å². The molecule has 3 aromatic rings. The second-order valence-electron chi connectivity index (χ2n) is 8.07. The Bertz CT molecular complexity index is 996. The number of amides is 1. The van der Waals surface area contributed by atoms with Gasteiger partial charge >= 0.3 is 0 Å². The van der Waals surface area contributed by atoms with E-state index in [1.54, 1.807) is 13.2 Å². The first-order valence-corrected chi connectivity index (χ1v) is 10.8. The van der Waals surface area contributed by atoms with E-state index in [0.29, 0.717) is 31.9 Å². The molecule has 1 heterocycles. The summed E-state index contributed by atoms with van der Waals surface area (Å²) in [6, 6.07) is 12.4. The van der Waals surface area contributed by atoms with E-state index >= 15 is 0 Å². The fourth-order valence-corrected chi connectivity index (χ4v) is 3.53. The maximum Gasteiger partial charge on any atom is 0.220 e. The Hall–Kier alpha value is -2.86. The fraction of sp³-hybridized carbons (Fsp3) is 0.400. The van der Waals surface area contributed by atoms with Gasteiger partial charge in [-0.3, -0.25) is 4.79 Å². The SMILES string of the molecule is COc1ccc(-c2[nH]c3ccc(F)cc3c2CCC(=O)NCCCOCC(C)C)cc1. The number of hydrogen-bond acceptors (Lipinski definition) is 3. The average molecular weight is 427 g/mol. The van der Waals surface area contributed by atoms with Gasteiger partial charge in [-0.05, 0) is 72.4 Å². The Morgan fingerprint density at radius 2 is 1.94 bits per heavy atom. The summed E-state index contributed by atoms with van der Waals surface area (Å²) < 4.78 is 24.7. The molecule has 0 saturated carbocycles. The molecule has 0 fully saturated rings. The predicted molar refractivity (Wildman–Crippen MR) is 122 cm³/mol. The maximum absolute atomic E-state index is 13.9. The number of hydrogen-bond donors (Lipinski definition) is 2. The number of nitrogens with one attached hydrogen (secondary N) is 2. The highest BCUT2D eigenvalue weighted by Crippen LogP contribution is 2.32. The molecule has 5 nitrogen and oxygen atoms in total. The summed E-state index contributed by atoms with van der Waals surface area (Å²) in [7, 11) is 1.63. The van der Waals surface area contributed by atoms with Crippen molar-refractivity contribution < 1.29 is 18.7 Å². The summed E-state index contributed by atoms with van der Waals surface area (Å²) in [4.78, 5) is 15.7. The Morgan fingerprint density at radius 1 is 1.16 bits per heavy atom. The fourth-order valence-electron chi connectivity index (χ4n) is 3.53. The molecule has 0 aliphatic heterocycles. The van der Waals surface area contributed by atoms with Crippen molar-refractivity contribution in [2.24, 2.45) is 5.92 Å². The van der Waals surface area contributed by atoms with Crippen molar-refractivity contribution >= 4 is 16.8 Å². The van der Waals surface area contributed by atoms with Crippen molar-refractivity contribution in [2.75, 3.05) is 26.9 Å². The molecular formula is C25H31FN2O3. The number of fused-ring (bicyclic) bond motifs is 1. The highest BCUT2D eigenvalue weighted by Gasteiger charge is 2.15. The van der Waals surface area contributed by atoms with Gasteiger partial charge in [0.15, 0.2) is 0 Å². The van der Waals surface area contributed by atoms with Crippen LogP contribution in [0.15, 0.2) is 42.5 Å². The lowest BCUT2D eigenvalue weighted by Crippen LogP contribution is -2.25. The van der Waals surface area contributed by atoms with Crippen LogP contribution in [0, 0.1) is 11.7 Å². The van der Waals surface area contributed by atoms with Gasteiger partial charge in [-0.25, -0.2) is 4.39 Å². The molecule has 3 rings (SSSR count). The summed E-state index contributed by atoms with van der Waals surface area (Å²) >= 11 is 0. The lowest BCUT2D eigenvalue weighted by atomic mass is 10.0. The van der Waals surface area contributed by atoms with Gasteiger partial charge in [0.05, 0.1) is 7.11 Å². The largest absolute Gasteiger partial charge is 0.497 e. The Balaban J connectivity index is 1.67. The summed E-state index contributed by atoms with van der Waals surface area (Å²) in [6.45, 7) is 6.18. The summed E-state index contributed by atoms with van der Waals surface area (Å²) in [5, 5.41) is 3.75. The highest BCUT2D eigenvalue weighted by molar-refractivity contribution is 5.91. The van der Waals surface area contributed by atoms with Gasteiger partial charge in [-0.1, -0.05) is 13.8 Å². The van der Waals surface area contributed by atoms with Crippen LogP contribution in [0.25, 0.3) is 22.2 Å². The highest BCUT2D eigenvalue weighted by atomic mass is 19.1. The zero-order valence-corrected chi connectivity index (χ0v) is 18.5. The number of ether oxygens (including phenoxy) is 2. The van der Waals surface area contributed by atoms with Crippen LogP contribution in [0.1, 0.15) is 32.3 Å². The monoisotopic (exact) mass is 426 g/mol. The van der Waals surface area contributed by atoms with Crippen LogP contribution in [0.5, 0.6) is 5.75 Å². The van der Waals surface area contributed by atoms with Gasteiger partial charge in [0, 0.05) is 42.8 Å². The van der Waals surface area contributed by atoms with Crippen LogP contribution < -0.4 is 10.1 Å². The number of methoxy groups -OCH3 is 1. The van der Waals surface area contributed by atoms with Crippen molar-refractivity contribution in [3.63, 3.8) is 0 Å². The smallest absolute Gasteiger partial charge is 0.220 e. The van der Waals surface area contributed by atoms with Crippen molar-refractivity contribution in [3.8, 4) is 17.0 Å². The molecule has 2 N–H and O–H groups in total. The Kier molecular flexibility index (Phi) is 8.06. The number of aromatic nitrogens is 1. The molecule has 0 aliphatic rings. The molecular weight excluding hydrogens is 395 g/mol. The first kappa shape index (κ1) is 22.8. The van der Waals surface area contributed by atoms with Crippen LogP contribution >= 0.6 is 0 Å². The third kappa shape index (κ3) is 6.31. The third-order valence-corrected chi connectivity index (χ3v) is 5.09. The van der Waals surface area contributed by atoms with Crippen molar-refractivity contribution in [1.29, 1.82) is 0 Å². The molecule has 1 amide bonds. The second-order valence-corrected chi connectivity index (χ2v) is 8.07. The van der Waals surface area contributed by atoms with Crippen LogP contribution in [0.3, 0.4) is 0 Å². The molecule has 0 saturated heterocycles. The normalized spacial score (nSPS) is 11.3. The third-order valence-electron chi connectivity index (χ3n) is 5.09. The summed E-state index contributed by atoms with van der Waals surface area (Å²) in [6.07, 6.45) is 1.63. The molecule has 166 valence electrons. The minimum Gasteiger partial charge on any atom is -0.497 e. The van der Waals surface area contributed by atoms with E-state index in [0.717, 1.165) is 46.5 Å². The average Bonchev–Trinajstić information content (AvgIpc) is 3.12. The molecule has 31 heavy (non-hydrogen) atoms. The zero-order chi connectivity index (χ0) is 22.2. The first-order valence-electron chi connectivity index (χ1n) is 10.8. The summed E-state index contributed by atoms with van der Waals surface area (Å²) in [5.41, 5.74) is 3.66. The number of H-pyrrole nitrogens is 1. The van der Waals surface area contributed by atoms with Gasteiger partial charge < -0.3 is 19.8 Å². The lowest BCUT2D eigenvalue weighted by molar-refractivity contribution is -0.121. The number of benzene rings is 2. The van der Waals surface area contributed by atoms with E-state index in [4.69, 9.17) is 9.47 Å². The summed E-state index contributed by atoms with van der Waals surface area (Å²) in [5.74, 6) is 0.967. The Morgan fingerprint density at radius 3 is 2.65 bits per heavy atom. The number of aryl methyl sites for hydroxylation is 1. The molecule has 6 heteroatoms. The molecule has 0 unspecified atom stereocenters. The minimum atomic E-state index is -0.292. The Labute approximate surface area is 182 Å². The van der Waals surface area contributed by atoms with E-state index in [-0.39, 0.29) is 11.7 Å². The van der Waals surface area contributed by atoms with Crippen molar-refractivity contribution in [2.45, 2.75) is 33.1 Å². The lowest BCUT2D eigenvalue weighted by Gasteiger charge is -2.09. The van der Waals surface area contributed by atoms with Crippen LogP contribution in [0.2, 0.25) is 0 Å². The number of aromatic amines is 1. The van der Waals surface area contributed by atoms with Crippen LogP contribution in [-0.4, -0.2) is 37.8 Å². The molecule has 0 bridgehead atoms. The van der Waals surface area contributed by atoms with E-state index < -0.39 is 0 Å². The van der Waals surface area contributed by atoms with Crippen molar-refractivity contribution in [1.82, 2.24) is 10.3 Å².